The third-order valence-electron chi connectivity index (χ3n) is 5.36. The smallest absolute Gasteiger partial charge is 0.253 e. The Morgan fingerprint density at radius 1 is 1.22 bits per heavy atom. The van der Waals surface area contributed by atoms with Gasteiger partial charge in [-0.1, -0.05) is 0 Å². The van der Waals surface area contributed by atoms with Gasteiger partial charge in [0.25, 0.3) is 5.91 Å². The quantitative estimate of drug-likeness (QED) is 0.855. The van der Waals surface area contributed by atoms with E-state index in [1.54, 1.807) is 11.8 Å². The molecular formula is C20H25FN4O2. The molecule has 1 unspecified atom stereocenters. The molecule has 27 heavy (non-hydrogen) atoms. The van der Waals surface area contributed by atoms with Crippen LogP contribution in [0.25, 0.3) is 0 Å². The van der Waals surface area contributed by atoms with Gasteiger partial charge in [-0.25, -0.2) is 4.39 Å². The van der Waals surface area contributed by atoms with Gasteiger partial charge < -0.3 is 10.2 Å². The van der Waals surface area contributed by atoms with Crippen molar-refractivity contribution in [3.63, 3.8) is 0 Å². The molecule has 0 spiro atoms. The predicted molar refractivity (Wildman–Crippen MR) is 98.2 cm³/mol. The maximum Gasteiger partial charge on any atom is 0.253 e. The van der Waals surface area contributed by atoms with Crippen LogP contribution in [0.1, 0.15) is 36.5 Å². The van der Waals surface area contributed by atoms with Crippen molar-refractivity contribution >= 4 is 11.8 Å². The summed E-state index contributed by atoms with van der Waals surface area (Å²) in [5.41, 5.74) is -0.315. The first-order valence-electron chi connectivity index (χ1n) is 9.41. The fourth-order valence-electron chi connectivity index (χ4n) is 3.52. The van der Waals surface area contributed by atoms with E-state index in [1.165, 1.54) is 24.3 Å². The lowest BCUT2D eigenvalue weighted by atomic mass is 9.98. The molecule has 0 radical (unpaired) electrons. The predicted octanol–water partition coefficient (Wildman–Crippen LogP) is 1.78. The summed E-state index contributed by atoms with van der Waals surface area (Å²) < 4.78 is 13.0. The Balaban J connectivity index is 1.52. The van der Waals surface area contributed by atoms with Crippen LogP contribution in [-0.2, 0) is 4.79 Å². The molecule has 0 aromatic heterocycles. The van der Waals surface area contributed by atoms with E-state index in [4.69, 9.17) is 0 Å². The number of carbonyl (C=O) groups is 2. The molecule has 7 heteroatoms. The molecule has 2 fully saturated rings. The van der Waals surface area contributed by atoms with Gasteiger partial charge in [0.05, 0.1) is 12.6 Å². The van der Waals surface area contributed by atoms with Crippen LogP contribution in [0.4, 0.5) is 4.39 Å². The Labute approximate surface area is 158 Å². The molecule has 6 nitrogen and oxygen atoms in total. The van der Waals surface area contributed by atoms with Gasteiger partial charge in [-0.15, -0.1) is 0 Å². The maximum atomic E-state index is 13.0. The van der Waals surface area contributed by atoms with E-state index < -0.39 is 5.54 Å². The Morgan fingerprint density at radius 2 is 1.93 bits per heavy atom. The lowest BCUT2D eigenvalue weighted by Crippen LogP contribution is -2.50. The first-order chi connectivity index (χ1) is 12.9. The molecule has 0 bridgehead atoms. The SMILES string of the molecule is CC(C#N)(NC(=O)CN1CCCN(C(=O)c2ccc(F)cc2)CC1)C1CC1. The number of nitrogens with one attached hydrogen (secondary N) is 1. The number of halogens is 1. The summed E-state index contributed by atoms with van der Waals surface area (Å²) >= 11 is 0. The van der Waals surface area contributed by atoms with Crippen molar-refractivity contribution in [1.29, 1.82) is 5.26 Å². The van der Waals surface area contributed by atoms with Gasteiger partial charge in [0.1, 0.15) is 11.4 Å². The van der Waals surface area contributed by atoms with Crippen molar-refractivity contribution in [3.05, 3.63) is 35.6 Å². The largest absolute Gasteiger partial charge is 0.337 e. The second-order valence-corrected chi connectivity index (χ2v) is 7.57. The number of benzene rings is 1. The van der Waals surface area contributed by atoms with Crippen LogP contribution in [0.5, 0.6) is 0 Å². The summed E-state index contributed by atoms with van der Waals surface area (Å²) in [5, 5.41) is 12.3. The minimum atomic E-state index is -0.784. The van der Waals surface area contributed by atoms with Crippen molar-refractivity contribution in [2.75, 3.05) is 32.7 Å². The summed E-state index contributed by atoms with van der Waals surface area (Å²) in [5.74, 6) is -0.383. The van der Waals surface area contributed by atoms with Crippen molar-refractivity contribution in [1.82, 2.24) is 15.1 Å². The van der Waals surface area contributed by atoms with E-state index in [-0.39, 0.29) is 30.1 Å². The van der Waals surface area contributed by atoms with Gasteiger partial charge in [-0.3, -0.25) is 14.5 Å². The number of nitriles is 1. The third kappa shape index (κ3) is 4.83. The molecule has 1 saturated carbocycles. The third-order valence-corrected chi connectivity index (χ3v) is 5.36. The number of hydrogen-bond acceptors (Lipinski definition) is 4. The highest BCUT2D eigenvalue weighted by Crippen LogP contribution is 2.39. The average molecular weight is 372 g/mol. The van der Waals surface area contributed by atoms with Crippen LogP contribution in [0.15, 0.2) is 24.3 Å². The van der Waals surface area contributed by atoms with Gasteiger partial charge >= 0.3 is 0 Å². The zero-order valence-corrected chi connectivity index (χ0v) is 15.6. The first kappa shape index (κ1) is 19.3. The number of nitrogens with zero attached hydrogens (tertiary/aromatic N) is 3. The molecule has 2 aliphatic rings. The van der Waals surface area contributed by atoms with Gasteiger partial charge in [-0.05, 0) is 56.4 Å². The number of rotatable bonds is 5. The van der Waals surface area contributed by atoms with E-state index in [1.807, 2.05) is 4.90 Å². The fraction of sp³-hybridized carbons (Fsp3) is 0.550. The minimum absolute atomic E-state index is 0.118. The molecule has 1 aromatic rings. The van der Waals surface area contributed by atoms with E-state index in [9.17, 15) is 19.2 Å². The van der Waals surface area contributed by atoms with Gasteiger partial charge in [-0.2, -0.15) is 5.26 Å². The Hall–Kier alpha value is -2.46. The fourth-order valence-corrected chi connectivity index (χ4v) is 3.52. The standard InChI is InChI=1S/C20H25FN4O2/c1-20(14-22,16-5-6-16)23-18(26)13-24-9-2-10-25(12-11-24)19(27)15-3-7-17(21)8-4-15/h3-4,7-8,16H,2,5-6,9-13H2,1H3,(H,23,26). The summed E-state index contributed by atoms with van der Waals surface area (Å²) in [6.45, 7) is 4.44. The molecule has 144 valence electrons. The Bertz CT molecular complexity index is 741. The number of carbonyl (C=O) groups excluding carboxylic acids is 2. The van der Waals surface area contributed by atoms with Crippen molar-refractivity contribution in [2.45, 2.75) is 31.7 Å². The monoisotopic (exact) mass is 372 g/mol. The molecule has 1 saturated heterocycles. The van der Waals surface area contributed by atoms with Crippen molar-refractivity contribution < 1.29 is 14.0 Å². The van der Waals surface area contributed by atoms with Crippen LogP contribution in [0.2, 0.25) is 0 Å². The summed E-state index contributed by atoms with van der Waals surface area (Å²) in [6, 6.07) is 7.79. The Kier molecular flexibility index (Phi) is 5.76. The lowest BCUT2D eigenvalue weighted by molar-refractivity contribution is -0.123. The summed E-state index contributed by atoms with van der Waals surface area (Å²) in [7, 11) is 0. The molecule has 1 N–H and O–H groups in total. The van der Waals surface area contributed by atoms with Gasteiger partial charge in [0.2, 0.25) is 5.91 Å². The normalized spacial score (nSPS) is 20.3. The van der Waals surface area contributed by atoms with Crippen molar-refractivity contribution in [2.24, 2.45) is 5.92 Å². The van der Waals surface area contributed by atoms with E-state index in [0.29, 0.717) is 31.7 Å². The Morgan fingerprint density at radius 3 is 2.56 bits per heavy atom. The molecule has 1 aliphatic heterocycles. The average Bonchev–Trinajstić information content (AvgIpc) is 3.50. The highest BCUT2D eigenvalue weighted by atomic mass is 19.1. The summed E-state index contributed by atoms with van der Waals surface area (Å²) in [6.07, 6.45) is 2.72. The minimum Gasteiger partial charge on any atom is -0.337 e. The molecule has 2 amide bonds. The maximum absolute atomic E-state index is 13.0. The highest BCUT2D eigenvalue weighted by Gasteiger charge is 2.43. The van der Waals surface area contributed by atoms with Crippen LogP contribution in [0, 0.1) is 23.1 Å². The number of hydrogen-bond donors (Lipinski definition) is 1. The highest BCUT2D eigenvalue weighted by molar-refractivity contribution is 5.94. The second-order valence-electron chi connectivity index (χ2n) is 7.57. The van der Waals surface area contributed by atoms with Gasteiger partial charge in [0.15, 0.2) is 0 Å². The van der Waals surface area contributed by atoms with E-state index >= 15 is 0 Å². The molecular weight excluding hydrogens is 347 g/mol. The molecule has 1 heterocycles. The van der Waals surface area contributed by atoms with Crippen LogP contribution in [-0.4, -0.2) is 59.9 Å². The second kappa shape index (κ2) is 8.05. The zero-order chi connectivity index (χ0) is 19.4. The van der Waals surface area contributed by atoms with Gasteiger partial charge in [0, 0.05) is 31.7 Å². The van der Waals surface area contributed by atoms with Crippen LogP contribution in [0.3, 0.4) is 0 Å². The molecule has 3 rings (SSSR count). The van der Waals surface area contributed by atoms with Crippen LogP contribution >= 0.6 is 0 Å². The molecule has 1 aromatic carbocycles. The molecule has 1 atom stereocenters. The first-order valence-corrected chi connectivity index (χ1v) is 9.41. The summed E-state index contributed by atoms with van der Waals surface area (Å²) in [4.78, 5) is 28.7. The number of amides is 2. The van der Waals surface area contributed by atoms with Crippen molar-refractivity contribution in [3.8, 4) is 6.07 Å². The van der Waals surface area contributed by atoms with E-state index in [2.05, 4.69) is 11.4 Å². The van der Waals surface area contributed by atoms with Crippen LogP contribution < -0.4 is 5.32 Å². The lowest BCUT2D eigenvalue weighted by Gasteiger charge is -2.26. The van der Waals surface area contributed by atoms with E-state index in [0.717, 1.165) is 19.3 Å². The zero-order valence-electron chi connectivity index (χ0n) is 15.6. The topological polar surface area (TPSA) is 76.4 Å². The molecule has 1 aliphatic carbocycles.